The number of carbonyl (C=O) groups is 3. The van der Waals surface area contributed by atoms with Crippen LogP contribution in [0.25, 0.3) is 10.9 Å². The minimum Gasteiger partial charge on any atom is -0.496 e. The molecule has 0 saturated heterocycles. The number of rotatable bonds is 9. The van der Waals surface area contributed by atoms with E-state index < -0.39 is 41.5 Å². The van der Waals surface area contributed by atoms with Gasteiger partial charge in [0.15, 0.2) is 0 Å². The van der Waals surface area contributed by atoms with E-state index in [4.69, 9.17) is 16.3 Å². The summed E-state index contributed by atoms with van der Waals surface area (Å²) in [6.45, 7) is 0. The minimum atomic E-state index is -1.07. The number of fused-ring (bicyclic) bond motifs is 2. The molecule has 1 fully saturated rings. The van der Waals surface area contributed by atoms with Crippen LogP contribution in [-0.2, 0) is 9.59 Å². The fraction of sp³-hybridized carbons (Fsp3) is 0.333. The normalized spacial score (nSPS) is 17.7. The Labute approximate surface area is 222 Å². The number of hydrogen-bond donors (Lipinski definition) is 4. The molecule has 11 heteroatoms. The average Bonchev–Trinajstić information content (AvgIpc) is 3.51. The summed E-state index contributed by atoms with van der Waals surface area (Å²) in [6, 6.07) is 9.62. The van der Waals surface area contributed by atoms with E-state index in [1.807, 2.05) is 12.1 Å². The van der Waals surface area contributed by atoms with Gasteiger partial charge in [0.25, 0.3) is 5.91 Å². The number of carbonyl (C=O) groups excluding carboxylic acids is 3. The van der Waals surface area contributed by atoms with E-state index in [0.29, 0.717) is 23.6 Å². The highest BCUT2D eigenvalue weighted by atomic mass is 35.5. The monoisotopic (exact) mass is 537 g/mol. The minimum absolute atomic E-state index is 0.00986. The lowest BCUT2D eigenvalue weighted by molar-refractivity contribution is -0.124. The first kappa shape index (κ1) is 25.5. The lowest BCUT2D eigenvalue weighted by Gasteiger charge is -2.21. The second-order valence-corrected chi connectivity index (χ2v) is 10.0. The zero-order valence-corrected chi connectivity index (χ0v) is 21.2. The van der Waals surface area contributed by atoms with Crippen LogP contribution in [0.3, 0.4) is 0 Å². The molecular formula is C27H25ClFN5O4. The number of anilines is 1. The van der Waals surface area contributed by atoms with Crippen LogP contribution in [0.5, 0.6) is 5.75 Å². The van der Waals surface area contributed by atoms with Crippen molar-refractivity contribution < 1.29 is 23.5 Å². The highest BCUT2D eigenvalue weighted by molar-refractivity contribution is 6.32. The zero-order chi connectivity index (χ0) is 27.0. The molecule has 9 nitrogen and oxygen atoms in total. The maximum atomic E-state index is 14.2. The van der Waals surface area contributed by atoms with E-state index in [9.17, 15) is 24.0 Å². The van der Waals surface area contributed by atoms with Crippen LogP contribution in [0.15, 0.2) is 36.4 Å². The van der Waals surface area contributed by atoms with Gasteiger partial charge in [0.1, 0.15) is 29.3 Å². The Morgan fingerprint density at radius 2 is 2.03 bits per heavy atom. The fourth-order valence-corrected chi connectivity index (χ4v) is 5.12. The van der Waals surface area contributed by atoms with Crippen molar-refractivity contribution in [3.8, 4) is 11.8 Å². The van der Waals surface area contributed by atoms with Crippen molar-refractivity contribution in [2.75, 3.05) is 12.4 Å². The van der Waals surface area contributed by atoms with E-state index in [1.54, 1.807) is 25.3 Å². The number of halogens is 2. The Hall–Kier alpha value is -4.10. The summed E-state index contributed by atoms with van der Waals surface area (Å²) in [7, 11) is 1.54. The molecule has 0 unspecified atom stereocenters. The van der Waals surface area contributed by atoms with Crippen LogP contribution >= 0.6 is 11.6 Å². The number of aromatic amines is 1. The summed E-state index contributed by atoms with van der Waals surface area (Å²) in [4.78, 5) is 41.9. The van der Waals surface area contributed by atoms with Crippen LogP contribution in [0.1, 0.15) is 47.7 Å². The first-order chi connectivity index (χ1) is 18.3. The van der Waals surface area contributed by atoms with Gasteiger partial charge in [-0.05, 0) is 49.1 Å². The highest BCUT2D eigenvalue weighted by Crippen LogP contribution is 2.41. The number of hydrogen-bond acceptors (Lipinski definition) is 5. The van der Waals surface area contributed by atoms with Crippen LogP contribution < -0.4 is 20.7 Å². The largest absolute Gasteiger partial charge is 0.496 e. The maximum Gasteiger partial charge on any atom is 0.268 e. The molecule has 196 valence electrons. The van der Waals surface area contributed by atoms with Gasteiger partial charge in [-0.1, -0.05) is 30.5 Å². The molecule has 0 bridgehead atoms. The predicted octanol–water partition coefficient (Wildman–Crippen LogP) is 4.00. The molecule has 2 aromatic carbocycles. The third kappa shape index (κ3) is 5.02. The third-order valence-corrected chi connectivity index (χ3v) is 7.30. The van der Waals surface area contributed by atoms with Gasteiger partial charge in [-0.25, -0.2) is 4.39 Å². The van der Waals surface area contributed by atoms with Gasteiger partial charge in [-0.15, -0.1) is 0 Å². The van der Waals surface area contributed by atoms with Crippen molar-refractivity contribution in [3.05, 3.63) is 58.5 Å². The fourth-order valence-electron chi connectivity index (χ4n) is 4.84. The van der Waals surface area contributed by atoms with Crippen molar-refractivity contribution in [3.63, 3.8) is 0 Å². The predicted molar refractivity (Wildman–Crippen MR) is 138 cm³/mol. The van der Waals surface area contributed by atoms with Crippen molar-refractivity contribution >= 4 is 45.9 Å². The van der Waals surface area contributed by atoms with Gasteiger partial charge in [-0.3, -0.25) is 14.4 Å². The van der Waals surface area contributed by atoms with Gasteiger partial charge in [-0.2, -0.15) is 5.26 Å². The lowest BCUT2D eigenvalue weighted by atomic mass is 9.93. The van der Waals surface area contributed by atoms with Crippen LogP contribution in [0.2, 0.25) is 5.02 Å². The number of nitriles is 1. The number of H-pyrrole nitrogens is 1. The standard InChI is InChI=1S/C27H25ClFN5O4/c1-38-22-4-2-3-19-15(22)11-21(32-19)27(37)33-20(9-13-5-6-13)26(36)31-14(12-30)10-16-23-17(28)7-8-18(29)24(23)34-25(16)35/h2-4,7-8,11,13-14,16,20,32H,5-6,9-10H2,1H3,(H,31,36)(H,33,37)(H,34,35)/t14-,16+,20-/m0/s1. The number of benzene rings is 2. The number of nitrogens with one attached hydrogen (secondary N) is 4. The molecule has 5 rings (SSSR count). The number of ether oxygens (including phenoxy) is 1. The van der Waals surface area contributed by atoms with Crippen LogP contribution in [0, 0.1) is 23.1 Å². The summed E-state index contributed by atoms with van der Waals surface area (Å²) in [6.07, 6.45) is 2.22. The van der Waals surface area contributed by atoms with Gasteiger partial charge in [0, 0.05) is 21.5 Å². The molecule has 1 aliphatic heterocycles. The smallest absolute Gasteiger partial charge is 0.268 e. The first-order valence-corrected chi connectivity index (χ1v) is 12.6. The third-order valence-electron chi connectivity index (χ3n) is 6.97. The molecule has 3 atom stereocenters. The van der Waals surface area contributed by atoms with E-state index >= 15 is 0 Å². The number of methoxy groups -OCH3 is 1. The summed E-state index contributed by atoms with van der Waals surface area (Å²) < 4.78 is 19.5. The molecule has 0 radical (unpaired) electrons. The Morgan fingerprint density at radius 1 is 1.24 bits per heavy atom. The quantitative estimate of drug-likeness (QED) is 0.327. The van der Waals surface area contributed by atoms with Crippen LogP contribution in [0.4, 0.5) is 10.1 Å². The zero-order valence-electron chi connectivity index (χ0n) is 20.4. The molecule has 2 aliphatic rings. The molecule has 3 aromatic rings. The maximum absolute atomic E-state index is 14.2. The van der Waals surface area contributed by atoms with Crippen molar-refractivity contribution in [2.24, 2.45) is 5.92 Å². The van der Waals surface area contributed by atoms with Gasteiger partial charge >= 0.3 is 0 Å². The SMILES string of the molecule is COc1cccc2[nH]c(C(=O)N[C@@H](CC3CC3)C(=O)N[C@H](C#N)C[C@H]3C(=O)Nc4c(F)ccc(Cl)c43)cc12. The topological polar surface area (TPSA) is 136 Å². The second-order valence-electron chi connectivity index (χ2n) is 9.60. The lowest BCUT2D eigenvalue weighted by Crippen LogP contribution is -2.50. The van der Waals surface area contributed by atoms with Crippen molar-refractivity contribution in [1.82, 2.24) is 15.6 Å². The molecule has 1 aliphatic carbocycles. The van der Waals surface area contributed by atoms with Crippen molar-refractivity contribution in [2.45, 2.75) is 43.7 Å². The van der Waals surface area contributed by atoms with E-state index in [2.05, 4.69) is 20.9 Å². The Balaban J connectivity index is 1.30. The van der Waals surface area contributed by atoms with Gasteiger partial charge in [0.05, 0.1) is 24.8 Å². The van der Waals surface area contributed by atoms with Crippen molar-refractivity contribution in [1.29, 1.82) is 5.26 Å². The van der Waals surface area contributed by atoms with Gasteiger partial charge < -0.3 is 25.7 Å². The molecule has 0 spiro atoms. The molecule has 1 saturated carbocycles. The van der Waals surface area contributed by atoms with E-state index in [1.165, 1.54) is 6.07 Å². The van der Waals surface area contributed by atoms with Crippen LogP contribution in [-0.4, -0.2) is 41.9 Å². The summed E-state index contributed by atoms with van der Waals surface area (Å²) in [5.74, 6) is -2.13. The molecular weight excluding hydrogens is 513 g/mol. The Bertz CT molecular complexity index is 1480. The summed E-state index contributed by atoms with van der Waals surface area (Å²) in [5.41, 5.74) is 1.24. The molecule has 38 heavy (non-hydrogen) atoms. The number of nitrogens with zero attached hydrogens (tertiary/aromatic N) is 1. The summed E-state index contributed by atoms with van der Waals surface area (Å²) >= 11 is 6.23. The Morgan fingerprint density at radius 3 is 2.74 bits per heavy atom. The average molecular weight is 538 g/mol. The van der Waals surface area contributed by atoms with E-state index in [0.717, 1.165) is 24.3 Å². The Kier molecular flexibility index (Phi) is 6.95. The first-order valence-electron chi connectivity index (χ1n) is 12.2. The number of amides is 3. The highest BCUT2D eigenvalue weighted by Gasteiger charge is 2.38. The molecule has 4 N–H and O–H groups in total. The number of aromatic nitrogens is 1. The van der Waals surface area contributed by atoms with Gasteiger partial charge in [0.2, 0.25) is 11.8 Å². The molecule has 3 amide bonds. The second kappa shape index (κ2) is 10.3. The molecule has 2 heterocycles. The summed E-state index contributed by atoms with van der Waals surface area (Å²) in [5, 5.41) is 18.6. The van der Waals surface area contributed by atoms with E-state index in [-0.39, 0.29) is 28.4 Å². The molecule has 1 aromatic heterocycles.